The van der Waals surface area contributed by atoms with Crippen molar-refractivity contribution in [2.24, 2.45) is 0 Å². The van der Waals surface area contributed by atoms with Crippen molar-refractivity contribution in [2.75, 3.05) is 6.61 Å². The van der Waals surface area contributed by atoms with Crippen molar-refractivity contribution < 1.29 is 9.47 Å². The Kier molecular flexibility index (Phi) is 3.58. The molecule has 1 aromatic rings. The number of nitrogens with one attached hydrogen (secondary N) is 2. The summed E-state index contributed by atoms with van der Waals surface area (Å²) in [5, 5.41) is 11.1. The molecule has 19 heavy (non-hydrogen) atoms. The molecule has 2 aliphatic rings. The summed E-state index contributed by atoms with van der Waals surface area (Å²) in [7, 11) is 0. The zero-order valence-electron chi connectivity index (χ0n) is 11.0. The molecule has 4 nitrogen and oxygen atoms in total. The summed E-state index contributed by atoms with van der Waals surface area (Å²) in [6.45, 7) is 0.600. The first-order chi connectivity index (χ1) is 9.31. The zero-order chi connectivity index (χ0) is 13.1. The Labute approximate surface area is 113 Å². The molecule has 0 saturated carbocycles. The minimum atomic E-state index is 0.0818. The molecule has 0 bridgehead atoms. The van der Waals surface area contributed by atoms with Crippen LogP contribution in [0, 0.1) is 5.41 Å². The van der Waals surface area contributed by atoms with Crippen LogP contribution in [0.2, 0.25) is 0 Å². The zero-order valence-corrected chi connectivity index (χ0v) is 11.0. The molecule has 1 saturated heterocycles. The van der Waals surface area contributed by atoms with Gasteiger partial charge in [-0.15, -0.1) is 0 Å². The van der Waals surface area contributed by atoms with Crippen LogP contribution in [0.3, 0.4) is 0 Å². The van der Waals surface area contributed by atoms with Gasteiger partial charge in [0.15, 0.2) is 11.5 Å². The Bertz CT molecular complexity index is 461. The summed E-state index contributed by atoms with van der Waals surface area (Å²) in [5.74, 6) is 2.34. The fourth-order valence-corrected chi connectivity index (χ4v) is 2.76. The Morgan fingerprint density at radius 2 is 2.05 bits per heavy atom. The third-order valence-electron chi connectivity index (χ3n) is 3.72. The molecule has 0 aliphatic carbocycles. The van der Waals surface area contributed by atoms with Gasteiger partial charge in [0, 0.05) is 18.9 Å². The van der Waals surface area contributed by atoms with E-state index in [0.717, 1.165) is 37.2 Å². The molecule has 2 aliphatic heterocycles. The first-order valence-electron chi connectivity index (χ1n) is 7.04. The molecule has 0 spiro atoms. The van der Waals surface area contributed by atoms with E-state index in [1.54, 1.807) is 0 Å². The highest BCUT2D eigenvalue weighted by Gasteiger charge is 2.25. The largest absolute Gasteiger partial charge is 0.486 e. The van der Waals surface area contributed by atoms with Gasteiger partial charge in [-0.05, 0) is 25.0 Å². The Morgan fingerprint density at radius 1 is 1.21 bits per heavy atom. The van der Waals surface area contributed by atoms with Crippen LogP contribution in [0.4, 0.5) is 0 Å². The van der Waals surface area contributed by atoms with Gasteiger partial charge in [-0.2, -0.15) is 0 Å². The van der Waals surface area contributed by atoms with E-state index >= 15 is 0 Å². The molecular weight excluding hydrogens is 240 g/mol. The van der Waals surface area contributed by atoms with E-state index in [1.165, 1.54) is 6.42 Å². The molecule has 0 aromatic heterocycles. The molecule has 0 radical (unpaired) electrons. The third-order valence-corrected chi connectivity index (χ3v) is 3.72. The Morgan fingerprint density at radius 3 is 2.95 bits per heavy atom. The maximum Gasteiger partial charge on any atom is 0.161 e. The van der Waals surface area contributed by atoms with Gasteiger partial charge in [-0.3, -0.25) is 5.41 Å². The highest BCUT2D eigenvalue weighted by molar-refractivity contribution is 5.79. The topological polar surface area (TPSA) is 54.3 Å². The van der Waals surface area contributed by atoms with Crippen LogP contribution in [0.25, 0.3) is 0 Å². The first-order valence-corrected chi connectivity index (χ1v) is 7.04. The van der Waals surface area contributed by atoms with Crippen LogP contribution in [0.15, 0.2) is 24.3 Å². The molecule has 2 atom stereocenters. The lowest BCUT2D eigenvalue weighted by Gasteiger charge is -2.29. The second-order valence-corrected chi connectivity index (χ2v) is 5.30. The average molecular weight is 260 g/mol. The maximum atomic E-state index is 7.81. The number of hydrogen-bond acceptors (Lipinski definition) is 3. The molecular formula is C15H20N2O2. The van der Waals surface area contributed by atoms with Gasteiger partial charge < -0.3 is 14.8 Å². The van der Waals surface area contributed by atoms with E-state index in [2.05, 4.69) is 5.32 Å². The number of hydrogen-bond donors (Lipinski definition) is 2. The summed E-state index contributed by atoms with van der Waals surface area (Å²) in [4.78, 5) is 0. The van der Waals surface area contributed by atoms with Crippen LogP contribution in [-0.4, -0.2) is 24.6 Å². The van der Waals surface area contributed by atoms with Crippen molar-refractivity contribution in [1.29, 1.82) is 5.41 Å². The van der Waals surface area contributed by atoms with E-state index in [-0.39, 0.29) is 6.10 Å². The fraction of sp³-hybridized carbons (Fsp3) is 0.533. The maximum absolute atomic E-state index is 7.81. The van der Waals surface area contributed by atoms with Crippen LogP contribution in [-0.2, 0) is 0 Å². The van der Waals surface area contributed by atoms with E-state index in [0.29, 0.717) is 18.5 Å². The lowest BCUT2D eigenvalue weighted by molar-refractivity contribution is 0.0776. The molecule has 2 N–H and O–H groups in total. The van der Waals surface area contributed by atoms with E-state index in [4.69, 9.17) is 14.9 Å². The standard InChI is InChI=1S/C15H20N2O2/c16-15-8-4-1-5-11(17-15)9-12-10-18-13-6-2-3-7-14(13)19-12/h2-3,6-7,11-12H,1,4-5,8-10H2,(H2,16,17). The summed E-state index contributed by atoms with van der Waals surface area (Å²) in [6.07, 6.45) is 5.28. The second-order valence-electron chi connectivity index (χ2n) is 5.30. The molecule has 4 heteroatoms. The summed E-state index contributed by atoms with van der Waals surface area (Å²) in [6, 6.07) is 8.14. The van der Waals surface area contributed by atoms with Crippen molar-refractivity contribution in [3.05, 3.63) is 24.3 Å². The molecule has 0 amide bonds. The number of para-hydroxylation sites is 2. The molecule has 1 aromatic carbocycles. The van der Waals surface area contributed by atoms with Gasteiger partial charge in [0.2, 0.25) is 0 Å². The van der Waals surface area contributed by atoms with Gasteiger partial charge >= 0.3 is 0 Å². The van der Waals surface area contributed by atoms with Gasteiger partial charge in [-0.1, -0.05) is 18.6 Å². The number of fused-ring (bicyclic) bond motifs is 1. The highest BCUT2D eigenvalue weighted by Crippen LogP contribution is 2.32. The lowest BCUT2D eigenvalue weighted by Crippen LogP contribution is -2.40. The van der Waals surface area contributed by atoms with Crippen molar-refractivity contribution in [2.45, 2.75) is 44.2 Å². The van der Waals surface area contributed by atoms with E-state index in [9.17, 15) is 0 Å². The smallest absolute Gasteiger partial charge is 0.161 e. The van der Waals surface area contributed by atoms with E-state index < -0.39 is 0 Å². The van der Waals surface area contributed by atoms with Gasteiger partial charge in [0.1, 0.15) is 12.7 Å². The SMILES string of the molecule is N=C1CCCCC(CC2COc3ccccc3O2)N1. The molecule has 1 fully saturated rings. The average Bonchev–Trinajstić information content (AvgIpc) is 2.63. The van der Waals surface area contributed by atoms with Gasteiger partial charge in [-0.25, -0.2) is 0 Å². The predicted octanol–water partition coefficient (Wildman–Crippen LogP) is 2.73. The molecule has 2 heterocycles. The number of rotatable bonds is 2. The number of amidine groups is 1. The molecule has 3 rings (SSSR count). The summed E-state index contributed by atoms with van der Waals surface area (Å²) in [5.41, 5.74) is 0. The molecule has 102 valence electrons. The van der Waals surface area contributed by atoms with Crippen molar-refractivity contribution in [1.82, 2.24) is 5.32 Å². The van der Waals surface area contributed by atoms with Crippen molar-refractivity contribution >= 4 is 5.84 Å². The fourth-order valence-electron chi connectivity index (χ4n) is 2.76. The van der Waals surface area contributed by atoms with Crippen molar-refractivity contribution in [3.63, 3.8) is 0 Å². The van der Waals surface area contributed by atoms with Gasteiger partial charge in [0.25, 0.3) is 0 Å². The molecule has 2 unspecified atom stereocenters. The minimum Gasteiger partial charge on any atom is -0.486 e. The van der Waals surface area contributed by atoms with E-state index in [1.807, 2.05) is 24.3 Å². The second kappa shape index (κ2) is 5.51. The summed E-state index contributed by atoms with van der Waals surface area (Å²) < 4.78 is 11.7. The van der Waals surface area contributed by atoms with Crippen molar-refractivity contribution in [3.8, 4) is 11.5 Å². The quantitative estimate of drug-likeness (QED) is 0.859. The Balaban J connectivity index is 1.61. The van der Waals surface area contributed by atoms with Crippen LogP contribution in [0.1, 0.15) is 32.1 Å². The monoisotopic (exact) mass is 260 g/mol. The van der Waals surface area contributed by atoms with Gasteiger partial charge in [0.05, 0.1) is 5.84 Å². The van der Waals surface area contributed by atoms with Crippen LogP contribution in [0.5, 0.6) is 11.5 Å². The Hall–Kier alpha value is -1.71. The summed E-state index contributed by atoms with van der Waals surface area (Å²) >= 11 is 0. The minimum absolute atomic E-state index is 0.0818. The van der Waals surface area contributed by atoms with Crippen LogP contribution < -0.4 is 14.8 Å². The highest BCUT2D eigenvalue weighted by atomic mass is 16.6. The van der Waals surface area contributed by atoms with Crippen LogP contribution >= 0.6 is 0 Å². The number of benzene rings is 1. The third kappa shape index (κ3) is 3.00. The first kappa shape index (κ1) is 12.3. The number of ether oxygens (including phenoxy) is 2. The lowest BCUT2D eigenvalue weighted by atomic mass is 10.0. The normalized spacial score (nSPS) is 26.4. The predicted molar refractivity (Wildman–Crippen MR) is 74.1 cm³/mol.